The highest BCUT2D eigenvalue weighted by Gasteiger charge is 2.07. The summed E-state index contributed by atoms with van der Waals surface area (Å²) in [4.78, 5) is 12.0. The van der Waals surface area contributed by atoms with Crippen LogP contribution in [0.25, 0.3) is 0 Å². The summed E-state index contributed by atoms with van der Waals surface area (Å²) in [5, 5.41) is 6.86. The van der Waals surface area contributed by atoms with Gasteiger partial charge in [-0.25, -0.2) is 0 Å². The minimum Gasteiger partial charge on any atom is -0.457 e. The lowest BCUT2D eigenvalue weighted by Gasteiger charge is -2.08. The molecular formula is C19H19N3O2. The van der Waals surface area contributed by atoms with Gasteiger partial charge in [0.15, 0.2) is 0 Å². The summed E-state index contributed by atoms with van der Waals surface area (Å²) in [6, 6.07) is 15.6. The van der Waals surface area contributed by atoms with Crippen LogP contribution in [0.2, 0.25) is 0 Å². The van der Waals surface area contributed by atoms with Crippen molar-refractivity contribution in [3.63, 3.8) is 0 Å². The Morgan fingerprint density at radius 3 is 2.29 bits per heavy atom. The van der Waals surface area contributed by atoms with Gasteiger partial charge in [-0.3, -0.25) is 9.48 Å². The number of rotatable bonds is 5. The zero-order valence-corrected chi connectivity index (χ0v) is 13.7. The molecule has 0 aliphatic rings. The predicted octanol–water partition coefficient (Wildman–Crippen LogP) is 3.45. The molecule has 0 unspecified atom stereocenters. The highest BCUT2D eigenvalue weighted by molar-refractivity contribution is 5.93. The number of carbonyl (C=O) groups is 1. The van der Waals surface area contributed by atoms with Crippen molar-refractivity contribution in [1.29, 1.82) is 0 Å². The first-order valence-corrected chi connectivity index (χ1v) is 7.70. The normalized spacial score (nSPS) is 10.4. The van der Waals surface area contributed by atoms with Gasteiger partial charge >= 0.3 is 0 Å². The van der Waals surface area contributed by atoms with Gasteiger partial charge in [0.25, 0.3) is 5.91 Å². The summed E-state index contributed by atoms with van der Waals surface area (Å²) < 4.78 is 7.39. The van der Waals surface area contributed by atoms with Crippen molar-refractivity contribution in [3.05, 3.63) is 77.6 Å². The number of ether oxygens (including phenoxy) is 1. The molecule has 122 valence electrons. The number of amides is 1. The molecule has 0 aliphatic carbocycles. The summed E-state index contributed by atoms with van der Waals surface area (Å²) in [6.45, 7) is 2.50. The SMILES string of the molecule is Cc1ccc(Oc2ccc(CNC(=O)c3cnn(C)c3)cc2)cc1. The number of aromatic nitrogens is 2. The van der Waals surface area contributed by atoms with Crippen molar-refractivity contribution >= 4 is 5.91 Å². The van der Waals surface area contributed by atoms with Gasteiger partial charge in [0.05, 0.1) is 11.8 Å². The Labute approximate surface area is 140 Å². The number of benzene rings is 2. The third kappa shape index (κ3) is 4.01. The Morgan fingerprint density at radius 1 is 1.08 bits per heavy atom. The summed E-state index contributed by atoms with van der Waals surface area (Å²) >= 11 is 0. The maximum atomic E-state index is 12.0. The molecule has 0 saturated heterocycles. The molecule has 5 nitrogen and oxygen atoms in total. The molecule has 3 rings (SSSR count). The van der Waals surface area contributed by atoms with Gasteiger partial charge in [0, 0.05) is 19.8 Å². The zero-order chi connectivity index (χ0) is 16.9. The van der Waals surface area contributed by atoms with E-state index in [1.165, 1.54) is 5.56 Å². The quantitative estimate of drug-likeness (QED) is 0.783. The number of hydrogen-bond donors (Lipinski definition) is 1. The second kappa shape index (κ2) is 7.00. The molecule has 1 aromatic heterocycles. The molecule has 0 saturated carbocycles. The minimum atomic E-state index is -0.136. The van der Waals surface area contributed by atoms with E-state index in [9.17, 15) is 4.79 Å². The van der Waals surface area contributed by atoms with E-state index in [0.717, 1.165) is 17.1 Å². The monoisotopic (exact) mass is 321 g/mol. The number of hydrogen-bond acceptors (Lipinski definition) is 3. The van der Waals surface area contributed by atoms with Crippen LogP contribution in [0, 0.1) is 6.92 Å². The summed E-state index contributed by atoms with van der Waals surface area (Å²) in [6.07, 6.45) is 3.24. The average molecular weight is 321 g/mol. The van der Waals surface area contributed by atoms with E-state index >= 15 is 0 Å². The van der Waals surface area contributed by atoms with E-state index in [0.29, 0.717) is 12.1 Å². The minimum absolute atomic E-state index is 0.136. The molecule has 0 spiro atoms. The highest BCUT2D eigenvalue weighted by atomic mass is 16.5. The molecular weight excluding hydrogens is 302 g/mol. The van der Waals surface area contributed by atoms with Gasteiger partial charge in [-0.2, -0.15) is 5.10 Å². The Bertz CT molecular complexity index is 821. The lowest BCUT2D eigenvalue weighted by Crippen LogP contribution is -2.22. The largest absolute Gasteiger partial charge is 0.457 e. The van der Waals surface area contributed by atoms with E-state index in [4.69, 9.17) is 4.74 Å². The molecule has 0 fully saturated rings. The molecule has 0 radical (unpaired) electrons. The molecule has 3 aromatic rings. The molecule has 1 N–H and O–H groups in total. The average Bonchev–Trinajstić information content (AvgIpc) is 3.03. The van der Waals surface area contributed by atoms with E-state index < -0.39 is 0 Å². The van der Waals surface area contributed by atoms with Gasteiger partial charge in [-0.15, -0.1) is 0 Å². The topological polar surface area (TPSA) is 56.1 Å². The maximum absolute atomic E-state index is 12.0. The third-order valence-corrected chi connectivity index (χ3v) is 3.60. The second-order valence-corrected chi connectivity index (χ2v) is 5.64. The Kier molecular flexibility index (Phi) is 4.61. The first-order valence-electron chi connectivity index (χ1n) is 7.70. The number of nitrogens with zero attached hydrogens (tertiary/aromatic N) is 2. The summed E-state index contributed by atoms with van der Waals surface area (Å²) in [5.41, 5.74) is 2.75. The van der Waals surface area contributed by atoms with Crippen LogP contribution in [0.15, 0.2) is 60.9 Å². The van der Waals surface area contributed by atoms with Crippen LogP contribution in [-0.4, -0.2) is 15.7 Å². The molecule has 24 heavy (non-hydrogen) atoms. The van der Waals surface area contributed by atoms with Crippen LogP contribution >= 0.6 is 0 Å². The lowest BCUT2D eigenvalue weighted by atomic mass is 10.2. The van der Waals surface area contributed by atoms with Gasteiger partial charge in [-0.05, 0) is 36.8 Å². The van der Waals surface area contributed by atoms with E-state index in [1.54, 1.807) is 24.1 Å². The van der Waals surface area contributed by atoms with Crippen molar-refractivity contribution in [1.82, 2.24) is 15.1 Å². The molecule has 2 aromatic carbocycles. The fraction of sp³-hybridized carbons (Fsp3) is 0.158. The predicted molar refractivity (Wildman–Crippen MR) is 92.1 cm³/mol. The molecule has 1 heterocycles. The van der Waals surface area contributed by atoms with Crippen LogP contribution in [0.4, 0.5) is 0 Å². The van der Waals surface area contributed by atoms with Crippen LogP contribution in [0.5, 0.6) is 11.5 Å². The number of nitrogens with one attached hydrogen (secondary N) is 1. The Morgan fingerprint density at radius 2 is 1.71 bits per heavy atom. The molecule has 1 amide bonds. The van der Waals surface area contributed by atoms with Crippen molar-refractivity contribution in [2.45, 2.75) is 13.5 Å². The number of aryl methyl sites for hydroxylation is 2. The lowest BCUT2D eigenvalue weighted by molar-refractivity contribution is 0.0951. The molecule has 0 atom stereocenters. The van der Waals surface area contributed by atoms with Crippen molar-refractivity contribution < 1.29 is 9.53 Å². The first kappa shape index (κ1) is 15.8. The fourth-order valence-corrected chi connectivity index (χ4v) is 2.24. The van der Waals surface area contributed by atoms with Crippen LogP contribution in [0.3, 0.4) is 0 Å². The van der Waals surface area contributed by atoms with Gasteiger partial charge in [0.1, 0.15) is 11.5 Å². The van der Waals surface area contributed by atoms with Gasteiger partial charge in [0.2, 0.25) is 0 Å². The summed E-state index contributed by atoms with van der Waals surface area (Å²) in [5.74, 6) is 1.43. The Hall–Kier alpha value is -3.08. The van der Waals surface area contributed by atoms with Crippen molar-refractivity contribution in [2.75, 3.05) is 0 Å². The zero-order valence-electron chi connectivity index (χ0n) is 13.7. The fourth-order valence-electron chi connectivity index (χ4n) is 2.24. The standard InChI is InChI=1S/C19H19N3O2/c1-14-3-7-17(8-4-14)24-18-9-5-15(6-10-18)11-20-19(23)16-12-21-22(2)13-16/h3-10,12-13H,11H2,1-2H3,(H,20,23). The third-order valence-electron chi connectivity index (χ3n) is 3.60. The highest BCUT2D eigenvalue weighted by Crippen LogP contribution is 2.21. The van der Waals surface area contributed by atoms with Gasteiger partial charge in [-0.1, -0.05) is 29.8 Å². The van der Waals surface area contributed by atoms with E-state index in [2.05, 4.69) is 10.4 Å². The molecule has 5 heteroatoms. The van der Waals surface area contributed by atoms with E-state index in [1.807, 2.05) is 55.5 Å². The number of carbonyl (C=O) groups excluding carboxylic acids is 1. The Balaban J connectivity index is 1.56. The van der Waals surface area contributed by atoms with Crippen LogP contribution < -0.4 is 10.1 Å². The smallest absolute Gasteiger partial charge is 0.254 e. The first-order chi connectivity index (χ1) is 11.6. The van der Waals surface area contributed by atoms with Gasteiger partial charge < -0.3 is 10.1 Å². The van der Waals surface area contributed by atoms with Crippen molar-refractivity contribution in [3.8, 4) is 11.5 Å². The summed E-state index contributed by atoms with van der Waals surface area (Å²) in [7, 11) is 1.78. The van der Waals surface area contributed by atoms with Crippen LogP contribution in [-0.2, 0) is 13.6 Å². The molecule has 0 aliphatic heterocycles. The maximum Gasteiger partial charge on any atom is 0.254 e. The molecule has 0 bridgehead atoms. The van der Waals surface area contributed by atoms with Crippen molar-refractivity contribution in [2.24, 2.45) is 7.05 Å². The second-order valence-electron chi connectivity index (χ2n) is 5.64. The van der Waals surface area contributed by atoms with Crippen LogP contribution in [0.1, 0.15) is 21.5 Å². The van der Waals surface area contributed by atoms with E-state index in [-0.39, 0.29) is 5.91 Å².